The third-order valence-electron chi connectivity index (χ3n) is 6.98. The van der Waals surface area contributed by atoms with E-state index in [1.54, 1.807) is 33.8 Å². The molecule has 2 saturated carbocycles. The Kier molecular flexibility index (Phi) is 5.32. The van der Waals surface area contributed by atoms with E-state index in [9.17, 15) is 10.1 Å². The van der Waals surface area contributed by atoms with Gasteiger partial charge in [0.2, 0.25) is 5.95 Å². The molecule has 0 bridgehead atoms. The number of carbonyl (C=O) groups is 1. The predicted molar refractivity (Wildman–Crippen MR) is 129 cm³/mol. The molecule has 3 N–H and O–H groups in total. The lowest BCUT2D eigenvalue weighted by atomic mass is 10.0. The lowest BCUT2D eigenvalue weighted by molar-refractivity contribution is 0.0546. The highest BCUT2D eigenvalue weighted by atomic mass is 19.1. The highest BCUT2D eigenvalue weighted by molar-refractivity contribution is 5.69. The maximum atomic E-state index is 15.2. The standard InChI is InChI=1S/C24H25FN10O2/c1-13-10-34(12-28-13)17-9-27-22(35-11-14(8-26)29-21(17)35)30-19-7-16(32-33-19)15-3-4-18(20(15)25)37-23(36)31-24(2)5-6-24/h7,9-12,15,18,20H,3-6H2,1-2H3,(H,31,36)(H2,27,30,32,33)/t15-,18-,20-/m1/s1. The van der Waals surface area contributed by atoms with E-state index in [1.807, 2.05) is 20.0 Å². The number of hydrogen-bond donors (Lipinski definition) is 3. The zero-order valence-corrected chi connectivity index (χ0v) is 20.3. The number of fused-ring (bicyclic) bond motifs is 1. The van der Waals surface area contributed by atoms with Crippen LogP contribution in [-0.4, -0.2) is 58.0 Å². The lowest BCUT2D eigenvalue weighted by Crippen LogP contribution is -2.38. The fourth-order valence-electron chi connectivity index (χ4n) is 4.65. The number of alkyl halides is 1. The number of rotatable bonds is 6. The molecule has 190 valence electrons. The molecular weight excluding hydrogens is 479 g/mol. The van der Waals surface area contributed by atoms with Gasteiger partial charge < -0.3 is 19.9 Å². The van der Waals surface area contributed by atoms with Crippen molar-refractivity contribution in [1.82, 2.24) is 39.4 Å². The van der Waals surface area contributed by atoms with Gasteiger partial charge in [-0.25, -0.2) is 24.1 Å². The van der Waals surface area contributed by atoms with E-state index in [4.69, 9.17) is 4.74 Å². The quantitative estimate of drug-likeness (QED) is 0.361. The number of aromatic amines is 1. The predicted octanol–water partition coefficient (Wildman–Crippen LogP) is 3.42. The minimum atomic E-state index is -1.35. The largest absolute Gasteiger partial charge is 0.443 e. The van der Waals surface area contributed by atoms with Gasteiger partial charge in [0.1, 0.15) is 24.0 Å². The molecule has 4 aromatic heterocycles. The first kappa shape index (κ1) is 23.0. The Morgan fingerprint density at radius 2 is 2.16 bits per heavy atom. The molecule has 1 amide bonds. The van der Waals surface area contributed by atoms with Gasteiger partial charge in [-0.3, -0.25) is 9.50 Å². The van der Waals surface area contributed by atoms with Gasteiger partial charge in [0.05, 0.1) is 24.4 Å². The number of aromatic nitrogens is 7. The molecule has 3 atom stereocenters. The Labute approximate surface area is 210 Å². The maximum absolute atomic E-state index is 15.2. The molecule has 4 aromatic rings. The zero-order chi connectivity index (χ0) is 25.7. The molecule has 13 heteroatoms. The van der Waals surface area contributed by atoms with Gasteiger partial charge in [-0.1, -0.05) is 0 Å². The highest BCUT2D eigenvalue weighted by Crippen LogP contribution is 2.39. The van der Waals surface area contributed by atoms with Crippen LogP contribution in [0.2, 0.25) is 0 Å². The molecule has 2 fully saturated rings. The molecule has 37 heavy (non-hydrogen) atoms. The molecule has 12 nitrogen and oxygen atoms in total. The average Bonchev–Trinajstić information content (AvgIpc) is 3.36. The smallest absolute Gasteiger partial charge is 0.407 e. The van der Waals surface area contributed by atoms with Gasteiger partial charge in [-0.2, -0.15) is 10.4 Å². The summed E-state index contributed by atoms with van der Waals surface area (Å²) in [6, 6.07) is 3.77. The van der Waals surface area contributed by atoms with Crippen LogP contribution in [0.5, 0.6) is 0 Å². The van der Waals surface area contributed by atoms with E-state index < -0.39 is 24.3 Å². The Morgan fingerprint density at radius 1 is 1.32 bits per heavy atom. The van der Waals surface area contributed by atoms with Gasteiger partial charge >= 0.3 is 6.09 Å². The van der Waals surface area contributed by atoms with E-state index in [2.05, 4.69) is 41.9 Å². The molecule has 0 spiro atoms. The summed E-state index contributed by atoms with van der Waals surface area (Å²) in [5.41, 5.74) is 2.62. The first-order chi connectivity index (χ1) is 17.8. The van der Waals surface area contributed by atoms with Crippen LogP contribution in [0, 0.1) is 18.3 Å². The van der Waals surface area contributed by atoms with Crippen molar-refractivity contribution < 1.29 is 13.9 Å². The highest BCUT2D eigenvalue weighted by Gasteiger charge is 2.43. The number of nitriles is 1. The number of nitrogens with zero attached hydrogens (tertiary/aromatic N) is 7. The zero-order valence-electron chi connectivity index (χ0n) is 20.3. The van der Waals surface area contributed by atoms with Crippen molar-refractivity contribution in [3.8, 4) is 11.8 Å². The Hall–Kier alpha value is -4.47. The third kappa shape index (κ3) is 4.35. The number of hydrogen-bond acceptors (Lipinski definition) is 8. The number of amides is 1. The molecule has 4 heterocycles. The fourth-order valence-corrected chi connectivity index (χ4v) is 4.65. The summed E-state index contributed by atoms with van der Waals surface area (Å²) in [6.45, 7) is 3.82. The van der Waals surface area contributed by atoms with Crippen LogP contribution in [0.3, 0.4) is 0 Å². The minimum Gasteiger partial charge on any atom is -0.443 e. The van der Waals surface area contributed by atoms with E-state index >= 15 is 4.39 Å². The van der Waals surface area contributed by atoms with Crippen molar-refractivity contribution in [3.05, 3.63) is 48.1 Å². The van der Waals surface area contributed by atoms with Crippen molar-refractivity contribution >= 4 is 23.5 Å². The van der Waals surface area contributed by atoms with Crippen LogP contribution < -0.4 is 10.6 Å². The summed E-state index contributed by atoms with van der Waals surface area (Å²) in [7, 11) is 0. The van der Waals surface area contributed by atoms with Gasteiger partial charge in [0, 0.05) is 29.4 Å². The first-order valence-corrected chi connectivity index (χ1v) is 12.1. The number of halogens is 1. The summed E-state index contributed by atoms with van der Waals surface area (Å²) >= 11 is 0. The SMILES string of the molecule is Cc1cn(-c2cnc(Nc3cc([C@H]4CC[C@@H](OC(=O)NC5(C)CC5)[C@@H]4F)[nH]n3)n3cc(C#N)nc23)cn1. The molecule has 0 unspecified atom stereocenters. The second kappa shape index (κ2) is 8.58. The number of H-pyrrole nitrogens is 1. The number of carbonyl (C=O) groups excluding carboxylic acids is 1. The second-order valence-corrected chi connectivity index (χ2v) is 9.91. The van der Waals surface area contributed by atoms with Crippen molar-refractivity contribution in [3.63, 3.8) is 0 Å². The van der Waals surface area contributed by atoms with Crippen LogP contribution >= 0.6 is 0 Å². The normalized spacial score (nSPS) is 22.1. The van der Waals surface area contributed by atoms with E-state index in [-0.39, 0.29) is 11.2 Å². The molecule has 0 aliphatic heterocycles. The van der Waals surface area contributed by atoms with Crippen LogP contribution in [-0.2, 0) is 4.74 Å². The number of ether oxygens (including phenoxy) is 1. The number of alkyl carbamates (subject to hydrolysis) is 1. The number of aryl methyl sites for hydroxylation is 1. The van der Waals surface area contributed by atoms with Gasteiger partial charge in [-0.05, 0) is 39.5 Å². The van der Waals surface area contributed by atoms with Crippen LogP contribution in [0.4, 0.5) is 21.0 Å². The first-order valence-electron chi connectivity index (χ1n) is 12.1. The fraction of sp³-hybridized carbons (Fsp3) is 0.417. The minimum absolute atomic E-state index is 0.219. The molecule has 0 radical (unpaired) electrons. The number of imidazole rings is 2. The van der Waals surface area contributed by atoms with Crippen LogP contribution in [0.25, 0.3) is 11.3 Å². The van der Waals surface area contributed by atoms with Crippen molar-refractivity contribution in [2.75, 3.05) is 5.32 Å². The summed E-state index contributed by atoms with van der Waals surface area (Å²) in [5, 5.41) is 22.5. The van der Waals surface area contributed by atoms with Crippen molar-refractivity contribution in [2.24, 2.45) is 0 Å². The molecule has 0 saturated heterocycles. The number of nitrogens with one attached hydrogen (secondary N) is 3. The molecule has 0 aromatic carbocycles. The summed E-state index contributed by atoms with van der Waals surface area (Å²) in [5.74, 6) is 0.339. The number of anilines is 2. The Balaban J connectivity index is 1.19. The molecular formula is C24H25FN10O2. The van der Waals surface area contributed by atoms with Gasteiger partial charge in [0.15, 0.2) is 17.2 Å². The second-order valence-electron chi connectivity index (χ2n) is 9.91. The van der Waals surface area contributed by atoms with Crippen molar-refractivity contribution in [2.45, 2.75) is 63.3 Å². The molecule has 2 aliphatic rings. The van der Waals surface area contributed by atoms with Crippen LogP contribution in [0.15, 0.2) is 31.0 Å². The van der Waals surface area contributed by atoms with Gasteiger partial charge in [0.25, 0.3) is 0 Å². The Bertz CT molecular complexity index is 1530. The maximum Gasteiger partial charge on any atom is 0.407 e. The Morgan fingerprint density at radius 3 is 2.89 bits per heavy atom. The van der Waals surface area contributed by atoms with E-state index in [1.165, 1.54) is 0 Å². The summed E-state index contributed by atoms with van der Waals surface area (Å²) in [4.78, 5) is 25.3. The summed E-state index contributed by atoms with van der Waals surface area (Å²) in [6.07, 6.45) is 6.75. The van der Waals surface area contributed by atoms with Gasteiger partial charge in [-0.15, -0.1) is 0 Å². The van der Waals surface area contributed by atoms with E-state index in [0.717, 1.165) is 18.5 Å². The topological polar surface area (TPSA) is 151 Å². The van der Waals surface area contributed by atoms with Crippen LogP contribution in [0.1, 0.15) is 55.6 Å². The average molecular weight is 505 g/mol. The molecule has 6 rings (SSSR count). The van der Waals surface area contributed by atoms with Crippen molar-refractivity contribution in [1.29, 1.82) is 5.26 Å². The summed E-state index contributed by atoms with van der Waals surface area (Å²) < 4.78 is 24.0. The molecule has 2 aliphatic carbocycles. The lowest BCUT2D eigenvalue weighted by Gasteiger charge is -2.19. The monoisotopic (exact) mass is 504 g/mol. The third-order valence-corrected chi connectivity index (χ3v) is 6.98. The van der Waals surface area contributed by atoms with E-state index in [0.29, 0.717) is 41.6 Å².